The van der Waals surface area contributed by atoms with Gasteiger partial charge in [0.1, 0.15) is 0 Å². The lowest BCUT2D eigenvalue weighted by molar-refractivity contribution is 0.216. The highest BCUT2D eigenvalue weighted by Gasteiger charge is 2.29. The van der Waals surface area contributed by atoms with E-state index in [-0.39, 0.29) is 12.1 Å². The number of rotatable bonds is 5. The summed E-state index contributed by atoms with van der Waals surface area (Å²) in [6.45, 7) is 0.417. The molecule has 0 amide bonds. The quantitative estimate of drug-likeness (QED) is 0.870. The van der Waals surface area contributed by atoms with Gasteiger partial charge in [0, 0.05) is 5.56 Å². The molecule has 20 heavy (non-hydrogen) atoms. The second kappa shape index (κ2) is 5.77. The zero-order valence-electron chi connectivity index (χ0n) is 11.9. The number of hydrogen-bond acceptors (Lipinski definition) is 7. The predicted octanol–water partition coefficient (Wildman–Crippen LogP) is 1.11. The molecule has 2 rings (SSSR count). The minimum absolute atomic E-state index is 0.158. The summed E-state index contributed by atoms with van der Waals surface area (Å²) in [7, 11) is 6.16. The number of benzene rings is 1. The zero-order valence-corrected chi connectivity index (χ0v) is 11.9. The van der Waals surface area contributed by atoms with Gasteiger partial charge in [-0.15, -0.1) is 0 Å². The molecule has 1 unspecified atom stereocenters. The second-order valence-corrected chi connectivity index (χ2v) is 4.05. The maximum absolute atomic E-state index is 5.55. The normalized spacial score (nSPS) is 17.2. The summed E-state index contributed by atoms with van der Waals surface area (Å²) >= 11 is 0. The number of ether oxygens (including phenoxy) is 5. The minimum Gasteiger partial charge on any atom is -0.493 e. The smallest absolute Gasteiger partial charge is 0.282 e. The first kappa shape index (κ1) is 14.1. The Kier molecular flexibility index (Phi) is 4.07. The van der Waals surface area contributed by atoms with Crippen molar-refractivity contribution in [2.24, 2.45) is 10.7 Å². The van der Waals surface area contributed by atoms with Crippen LogP contribution in [0.4, 0.5) is 0 Å². The Balaban J connectivity index is 2.56. The Hall–Kier alpha value is -2.31. The highest BCUT2D eigenvalue weighted by molar-refractivity contribution is 5.74. The fourth-order valence-corrected chi connectivity index (χ4v) is 2.15. The molecule has 7 heteroatoms. The molecule has 1 aliphatic heterocycles. The van der Waals surface area contributed by atoms with Crippen molar-refractivity contribution in [3.8, 4) is 23.0 Å². The van der Waals surface area contributed by atoms with Crippen molar-refractivity contribution >= 4 is 6.02 Å². The Morgan fingerprint density at radius 2 is 1.70 bits per heavy atom. The van der Waals surface area contributed by atoms with E-state index in [0.717, 1.165) is 5.56 Å². The number of amidine groups is 1. The van der Waals surface area contributed by atoms with Gasteiger partial charge in [-0.2, -0.15) is 0 Å². The molecule has 1 aromatic rings. The standard InChI is InChI=1S/C13H18N2O5/c1-16-8-5-7(9-6-15-13(14)20-9)10(17-2)12(19-4)11(8)18-3/h5,9H,6H2,1-4H3,(H2,14,15). The number of nitrogens with two attached hydrogens (primary N) is 1. The fraction of sp³-hybridized carbons (Fsp3) is 0.462. The van der Waals surface area contributed by atoms with Crippen molar-refractivity contribution < 1.29 is 23.7 Å². The molecule has 0 saturated carbocycles. The van der Waals surface area contributed by atoms with E-state index in [4.69, 9.17) is 29.4 Å². The SMILES string of the molecule is COc1cc(C2CN=C(N)O2)c(OC)c(OC)c1OC. The topological polar surface area (TPSA) is 84.5 Å². The summed E-state index contributed by atoms with van der Waals surface area (Å²) in [6.07, 6.45) is -0.335. The average Bonchev–Trinajstić information content (AvgIpc) is 2.90. The van der Waals surface area contributed by atoms with Crippen molar-refractivity contribution in [3.63, 3.8) is 0 Å². The van der Waals surface area contributed by atoms with Crippen LogP contribution in [-0.4, -0.2) is 41.0 Å². The minimum atomic E-state index is -0.335. The second-order valence-electron chi connectivity index (χ2n) is 4.05. The number of aliphatic imine (C=N–C) groups is 1. The molecule has 0 bridgehead atoms. The van der Waals surface area contributed by atoms with Crippen LogP contribution in [0.3, 0.4) is 0 Å². The van der Waals surface area contributed by atoms with Crippen LogP contribution in [0.15, 0.2) is 11.1 Å². The van der Waals surface area contributed by atoms with Crippen LogP contribution in [0.5, 0.6) is 23.0 Å². The summed E-state index contributed by atoms with van der Waals surface area (Å²) in [6, 6.07) is 1.93. The lowest BCUT2D eigenvalue weighted by Gasteiger charge is -2.20. The van der Waals surface area contributed by atoms with E-state index >= 15 is 0 Å². The summed E-state index contributed by atoms with van der Waals surface area (Å²) in [5.41, 5.74) is 6.29. The molecule has 1 aliphatic rings. The zero-order chi connectivity index (χ0) is 14.7. The van der Waals surface area contributed by atoms with Crippen molar-refractivity contribution in [1.29, 1.82) is 0 Å². The molecule has 7 nitrogen and oxygen atoms in total. The number of nitrogens with zero attached hydrogens (tertiary/aromatic N) is 1. The van der Waals surface area contributed by atoms with Crippen LogP contribution in [-0.2, 0) is 4.74 Å². The Morgan fingerprint density at radius 1 is 1.05 bits per heavy atom. The highest BCUT2D eigenvalue weighted by atomic mass is 16.5. The van der Waals surface area contributed by atoms with E-state index in [9.17, 15) is 0 Å². The molecule has 0 saturated heterocycles. The lowest BCUT2D eigenvalue weighted by Crippen LogP contribution is -2.14. The molecule has 0 spiro atoms. The molecule has 0 fully saturated rings. The first-order valence-electron chi connectivity index (χ1n) is 5.99. The molecule has 2 N–H and O–H groups in total. The molecule has 1 aromatic carbocycles. The molecular weight excluding hydrogens is 264 g/mol. The van der Waals surface area contributed by atoms with Crippen molar-refractivity contribution in [2.75, 3.05) is 35.0 Å². The van der Waals surface area contributed by atoms with Gasteiger partial charge in [0.05, 0.1) is 35.0 Å². The highest BCUT2D eigenvalue weighted by Crippen LogP contribution is 2.49. The van der Waals surface area contributed by atoms with Gasteiger partial charge in [0.15, 0.2) is 17.6 Å². The van der Waals surface area contributed by atoms with Crippen molar-refractivity contribution in [1.82, 2.24) is 0 Å². The van der Waals surface area contributed by atoms with Gasteiger partial charge < -0.3 is 29.4 Å². The van der Waals surface area contributed by atoms with Gasteiger partial charge in [-0.1, -0.05) is 0 Å². The van der Waals surface area contributed by atoms with Gasteiger partial charge in [-0.25, -0.2) is 4.99 Å². The summed E-state index contributed by atoms with van der Waals surface area (Å²) in [4.78, 5) is 4.03. The molecule has 0 aliphatic carbocycles. The first-order chi connectivity index (χ1) is 9.65. The summed E-state index contributed by atoms with van der Waals surface area (Å²) in [5.74, 6) is 1.94. The van der Waals surface area contributed by atoms with Crippen molar-refractivity contribution in [2.45, 2.75) is 6.10 Å². The van der Waals surface area contributed by atoms with Gasteiger partial charge in [0.25, 0.3) is 6.02 Å². The third kappa shape index (κ3) is 2.26. The number of methoxy groups -OCH3 is 4. The molecular formula is C13H18N2O5. The molecule has 110 valence electrons. The summed E-state index contributed by atoms with van der Waals surface area (Å²) in [5, 5.41) is 0. The van der Waals surface area contributed by atoms with E-state index in [0.29, 0.717) is 29.5 Å². The molecule has 0 aromatic heterocycles. The van der Waals surface area contributed by atoms with Crippen LogP contribution in [0.25, 0.3) is 0 Å². The molecule has 1 heterocycles. The molecule has 1 atom stereocenters. The van der Waals surface area contributed by atoms with E-state index in [1.807, 2.05) is 0 Å². The third-order valence-corrected chi connectivity index (χ3v) is 3.04. The van der Waals surface area contributed by atoms with Crippen LogP contribution < -0.4 is 24.7 Å². The number of hydrogen-bond donors (Lipinski definition) is 1. The van der Waals surface area contributed by atoms with Crippen molar-refractivity contribution in [3.05, 3.63) is 11.6 Å². The van der Waals surface area contributed by atoms with E-state index < -0.39 is 0 Å². The van der Waals surface area contributed by atoms with Gasteiger partial charge in [0.2, 0.25) is 11.5 Å². The third-order valence-electron chi connectivity index (χ3n) is 3.04. The first-order valence-corrected chi connectivity index (χ1v) is 5.99. The van der Waals surface area contributed by atoms with Gasteiger partial charge in [-0.05, 0) is 6.07 Å². The van der Waals surface area contributed by atoms with E-state index in [1.54, 1.807) is 20.3 Å². The largest absolute Gasteiger partial charge is 0.493 e. The maximum Gasteiger partial charge on any atom is 0.282 e. The van der Waals surface area contributed by atoms with Gasteiger partial charge >= 0.3 is 0 Å². The Bertz CT molecular complexity index is 530. The van der Waals surface area contributed by atoms with Crippen LogP contribution >= 0.6 is 0 Å². The average molecular weight is 282 g/mol. The molecule has 0 radical (unpaired) electrons. The monoisotopic (exact) mass is 282 g/mol. The lowest BCUT2D eigenvalue weighted by atomic mass is 10.1. The van der Waals surface area contributed by atoms with E-state index in [2.05, 4.69) is 4.99 Å². The van der Waals surface area contributed by atoms with Crippen LogP contribution in [0, 0.1) is 0 Å². The Morgan fingerprint density at radius 3 is 2.15 bits per heavy atom. The maximum atomic E-state index is 5.55. The Labute approximate surface area is 117 Å². The van der Waals surface area contributed by atoms with Crippen LogP contribution in [0.1, 0.15) is 11.7 Å². The van der Waals surface area contributed by atoms with E-state index in [1.165, 1.54) is 14.2 Å². The predicted molar refractivity (Wildman–Crippen MR) is 73.0 cm³/mol. The van der Waals surface area contributed by atoms with Gasteiger partial charge in [-0.3, -0.25) is 0 Å². The van der Waals surface area contributed by atoms with Crippen LogP contribution in [0.2, 0.25) is 0 Å². The fourth-order valence-electron chi connectivity index (χ4n) is 2.15. The summed E-state index contributed by atoms with van der Waals surface area (Å²) < 4.78 is 26.9.